The van der Waals surface area contributed by atoms with Crippen molar-refractivity contribution in [1.29, 1.82) is 0 Å². The molecular weight excluding hydrogens is 248 g/mol. The number of hydrogen-bond donors (Lipinski definition) is 2. The van der Waals surface area contributed by atoms with E-state index in [0.717, 1.165) is 12.8 Å². The van der Waals surface area contributed by atoms with Crippen molar-refractivity contribution in [2.45, 2.75) is 40.0 Å². The molecule has 0 aliphatic rings. The fourth-order valence-corrected chi connectivity index (χ4v) is 1.83. The van der Waals surface area contributed by atoms with E-state index in [1.807, 2.05) is 13.8 Å². The van der Waals surface area contributed by atoms with E-state index in [0.29, 0.717) is 13.1 Å². The molecule has 0 aromatic heterocycles. The van der Waals surface area contributed by atoms with Crippen molar-refractivity contribution in [3.63, 3.8) is 0 Å². The van der Waals surface area contributed by atoms with Gasteiger partial charge in [-0.1, -0.05) is 13.8 Å². The van der Waals surface area contributed by atoms with Crippen molar-refractivity contribution in [1.82, 2.24) is 10.2 Å². The van der Waals surface area contributed by atoms with Gasteiger partial charge >= 0.3 is 5.97 Å². The minimum Gasteiger partial charge on any atom is -0.481 e. The molecule has 0 atom stereocenters. The Balaban J connectivity index is 4.50. The number of carbonyl (C=O) groups is 3. The molecule has 0 aromatic carbocycles. The van der Waals surface area contributed by atoms with Gasteiger partial charge in [0.25, 0.3) is 0 Å². The zero-order valence-electron chi connectivity index (χ0n) is 11.9. The molecule has 0 aromatic rings. The van der Waals surface area contributed by atoms with Crippen LogP contribution in [-0.2, 0) is 14.4 Å². The Morgan fingerprint density at radius 2 is 1.74 bits per heavy atom. The van der Waals surface area contributed by atoms with Gasteiger partial charge in [-0.15, -0.1) is 0 Å². The number of nitrogens with one attached hydrogen (secondary N) is 1. The summed E-state index contributed by atoms with van der Waals surface area (Å²) >= 11 is 0. The lowest BCUT2D eigenvalue weighted by Gasteiger charge is -2.26. The SMILES string of the molecule is CCC(CC)C(=O)N(CCNC(C)=O)CCC(=O)O. The highest BCUT2D eigenvalue weighted by molar-refractivity contribution is 5.79. The molecule has 0 spiro atoms. The van der Waals surface area contributed by atoms with Crippen molar-refractivity contribution >= 4 is 17.8 Å². The maximum atomic E-state index is 12.2. The first kappa shape index (κ1) is 17.4. The summed E-state index contributed by atoms with van der Waals surface area (Å²) in [5.41, 5.74) is 0. The maximum Gasteiger partial charge on any atom is 0.305 e. The van der Waals surface area contributed by atoms with Crippen LogP contribution < -0.4 is 5.32 Å². The van der Waals surface area contributed by atoms with E-state index in [4.69, 9.17) is 5.11 Å². The third-order valence-electron chi connectivity index (χ3n) is 3.00. The second kappa shape index (κ2) is 9.35. The Hall–Kier alpha value is -1.59. The molecule has 0 fully saturated rings. The van der Waals surface area contributed by atoms with Gasteiger partial charge in [-0.3, -0.25) is 14.4 Å². The number of amides is 2. The molecule has 0 heterocycles. The second-order valence-corrected chi connectivity index (χ2v) is 4.47. The summed E-state index contributed by atoms with van der Waals surface area (Å²) in [5, 5.41) is 11.3. The molecule has 0 radical (unpaired) electrons. The van der Waals surface area contributed by atoms with Gasteiger partial charge in [-0.2, -0.15) is 0 Å². The highest BCUT2D eigenvalue weighted by Gasteiger charge is 2.21. The van der Waals surface area contributed by atoms with Crippen LogP contribution in [0.25, 0.3) is 0 Å². The molecule has 0 aliphatic heterocycles. The van der Waals surface area contributed by atoms with Gasteiger partial charge < -0.3 is 15.3 Å². The minimum atomic E-state index is -0.929. The molecule has 19 heavy (non-hydrogen) atoms. The largest absolute Gasteiger partial charge is 0.481 e. The van der Waals surface area contributed by atoms with Gasteiger partial charge in [-0.25, -0.2) is 0 Å². The molecule has 0 rings (SSSR count). The van der Waals surface area contributed by atoms with Crippen LogP contribution in [0.5, 0.6) is 0 Å². The van der Waals surface area contributed by atoms with Crippen LogP contribution in [0.1, 0.15) is 40.0 Å². The van der Waals surface area contributed by atoms with E-state index in [1.54, 1.807) is 0 Å². The van der Waals surface area contributed by atoms with Gasteiger partial charge in [0.15, 0.2) is 0 Å². The number of aliphatic carboxylic acids is 1. The number of carboxylic acid groups (broad SMARTS) is 1. The Labute approximate surface area is 114 Å². The summed E-state index contributed by atoms with van der Waals surface area (Å²) in [6, 6.07) is 0. The first-order chi connectivity index (χ1) is 8.92. The Bertz CT molecular complexity index is 314. The summed E-state index contributed by atoms with van der Waals surface area (Å²) in [5.74, 6) is -1.20. The first-order valence-corrected chi connectivity index (χ1v) is 6.67. The molecule has 2 amide bonds. The predicted octanol–water partition coefficient (Wildman–Crippen LogP) is 0.862. The lowest BCUT2D eigenvalue weighted by atomic mass is 10.0. The standard InChI is InChI=1S/C13H24N2O4/c1-4-11(5-2)13(19)15(8-6-12(17)18)9-7-14-10(3)16/h11H,4-9H2,1-3H3,(H,14,16)(H,17,18). The van der Waals surface area contributed by atoms with E-state index in [1.165, 1.54) is 11.8 Å². The topological polar surface area (TPSA) is 86.7 Å². The molecule has 0 unspecified atom stereocenters. The zero-order valence-corrected chi connectivity index (χ0v) is 11.9. The summed E-state index contributed by atoms with van der Waals surface area (Å²) in [6.45, 7) is 6.17. The highest BCUT2D eigenvalue weighted by atomic mass is 16.4. The molecule has 0 aliphatic carbocycles. The van der Waals surface area contributed by atoms with Crippen molar-refractivity contribution in [3.05, 3.63) is 0 Å². The van der Waals surface area contributed by atoms with Crippen molar-refractivity contribution in [2.75, 3.05) is 19.6 Å². The third-order valence-corrected chi connectivity index (χ3v) is 3.00. The quantitative estimate of drug-likeness (QED) is 0.652. The third kappa shape index (κ3) is 7.43. The number of carbonyl (C=O) groups excluding carboxylic acids is 2. The molecular formula is C13H24N2O4. The van der Waals surface area contributed by atoms with Crippen LogP contribution in [0.15, 0.2) is 0 Å². The van der Waals surface area contributed by atoms with Crippen LogP contribution in [0.4, 0.5) is 0 Å². The van der Waals surface area contributed by atoms with Crippen LogP contribution in [0.3, 0.4) is 0 Å². The van der Waals surface area contributed by atoms with Gasteiger partial charge in [0.05, 0.1) is 6.42 Å². The molecule has 0 bridgehead atoms. The average molecular weight is 272 g/mol. The Kier molecular flexibility index (Phi) is 8.57. The molecule has 110 valence electrons. The number of rotatable bonds is 9. The van der Waals surface area contributed by atoms with E-state index < -0.39 is 5.97 Å². The molecule has 2 N–H and O–H groups in total. The normalized spacial score (nSPS) is 10.3. The van der Waals surface area contributed by atoms with Gasteiger partial charge in [0.1, 0.15) is 0 Å². The van der Waals surface area contributed by atoms with Crippen molar-refractivity contribution < 1.29 is 19.5 Å². The zero-order chi connectivity index (χ0) is 14.8. The van der Waals surface area contributed by atoms with E-state index in [9.17, 15) is 14.4 Å². The van der Waals surface area contributed by atoms with Crippen molar-refractivity contribution in [2.24, 2.45) is 5.92 Å². The van der Waals surface area contributed by atoms with Gasteiger partial charge in [-0.05, 0) is 12.8 Å². The fraction of sp³-hybridized carbons (Fsp3) is 0.769. The van der Waals surface area contributed by atoms with E-state index >= 15 is 0 Å². The van der Waals surface area contributed by atoms with Gasteiger partial charge in [0, 0.05) is 32.5 Å². The molecule has 6 heteroatoms. The van der Waals surface area contributed by atoms with Crippen molar-refractivity contribution in [3.8, 4) is 0 Å². The summed E-state index contributed by atoms with van der Waals surface area (Å²) in [7, 11) is 0. The maximum absolute atomic E-state index is 12.2. The average Bonchev–Trinajstić information content (AvgIpc) is 2.34. The molecule has 0 saturated heterocycles. The minimum absolute atomic E-state index is 0.0309. The second-order valence-electron chi connectivity index (χ2n) is 4.47. The van der Waals surface area contributed by atoms with E-state index in [2.05, 4.69) is 5.32 Å². The summed E-state index contributed by atoms with van der Waals surface area (Å²) in [6.07, 6.45) is 1.39. The van der Waals surface area contributed by atoms with Crippen LogP contribution in [0.2, 0.25) is 0 Å². The molecule has 6 nitrogen and oxygen atoms in total. The van der Waals surface area contributed by atoms with Gasteiger partial charge in [0.2, 0.25) is 11.8 Å². The summed E-state index contributed by atoms with van der Waals surface area (Å²) < 4.78 is 0. The lowest BCUT2D eigenvalue weighted by Crippen LogP contribution is -2.42. The number of carboxylic acids is 1. The van der Waals surface area contributed by atoms with Crippen LogP contribution >= 0.6 is 0 Å². The van der Waals surface area contributed by atoms with E-state index in [-0.39, 0.29) is 30.7 Å². The highest BCUT2D eigenvalue weighted by Crippen LogP contribution is 2.12. The Morgan fingerprint density at radius 3 is 2.16 bits per heavy atom. The molecule has 0 saturated carbocycles. The van der Waals surface area contributed by atoms with Crippen LogP contribution in [0, 0.1) is 5.92 Å². The monoisotopic (exact) mass is 272 g/mol. The fourth-order valence-electron chi connectivity index (χ4n) is 1.83. The number of hydrogen-bond acceptors (Lipinski definition) is 3. The lowest BCUT2D eigenvalue weighted by molar-refractivity contribution is -0.140. The van der Waals surface area contributed by atoms with Crippen LogP contribution in [-0.4, -0.2) is 47.4 Å². The summed E-state index contributed by atoms with van der Waals surface area (Å²) in [4.78, 5) is 35.2. The first-order valence-electron chi connectivity index (χ1n) is 6.67. The smallest absolute Gasteiger partial charge is 0.305 e. The number of nitrogens with zero attached hydrogens (tertiary/aromatic N) is 1. The predicted molar refractivity (Wildman–Crippen MR) is 71.6 cm³/mol. The Morgan fingerprint density at radius 1 is 1.16 bits per heavy atom.